The maximum atomic E-state index is 5.44. The first-order valence-electron chi connectivity index (χ1n) is 7.25. The summed E-state index contributed by atoms with van der Waals surface area (Å²) in [5.41, 5.74) is 0.940. The van der Waals surface area contributed by atoms with Crippen LogP contribution in [0.4, 0.5) is 0 Å². The van der Waals surface area contributed by atoms with Crippen molar-refractivity contribution in [3.8, 4) is 0 Å². The van der Waals surface area contributed by atoms with E-state index in [0.717, 1.165) is 36.8 Å². The Labute approximate surface area is 116 Å². The maximum Gasteiger partial charge on any atom is 0.165 e. The molecule has 0 aromatic carbocycles. The van der Waals surface area contributed by atoms with Crippen LogP contribution in [0.25, 0.3) is 0 Å². The lowest BCUT2D eigenvalue weighted by molar-refractivity contribution is 0.199. The molecule has 1 atom stereocenters. The number of aryl methyl sites for hydroxylation is 1. The number of likely N-dealkylation sites (tertiary alicyclic amines) is 1. The van der Waals surface area contributed by atoms with Gasteiger partial charge in [0.25, 0.3) is 0 Å². The molecule has 1 saturated carbocycles. The molecule has 0 spiro atoms. The van der Waals surface area contributed by atoms with Gasteiger partial charge in [-0.1, -0.05) is 5.16 Å². The van der Waals surface area contributed by atoms with Crippen molar-refractivity contribution < 1.29 is 4.52 Å². The van der Waals surface area contributed by atoms with E-state index in [9.17, 15) is 0 Å². The largest absolute Gasteiger partial charge is 0.359 e. The average Bonchev–Trinajstić information content (AvgIpc) is 2.86. The first-order chi connectivity index (χ1) is 9.81. The van der Waals surface area contributed by atoms with Crippen molar-refractivity contribution >= 4 is 0 Å². The predicted octanol–water partition coefficient (Wildman–Crippen LogP) is 1.64. The molecule has 2 aromatic rings. The molecule has 7 nitrogen and oxygen atoms in total. The summed E-state index contributed by atoms with van der Waals surface area (Å²) in [7, 11) is 0. The second-order valence-corrected chi connectivity index (χ2v) is 5.77. The zero-order valence-corrected chi connectivity index (χ0v) is 11.6. The summed E-state index contributed by atoms with van der Waals surface area (Å²) in [6.07, 6.45) is 4.68. The van der Waals surface area contributed by atoms with Crippen LogP contribution in [0.2, 0.25) is 0 Å². The minimum absolute atomic E-state index is 0.306. The van der Waals surface area contributed by atoms with Crippen molar-refractivity contribution in [2.75, 3.05) is 6.54 Å². The van der Waals surface area contributed by atoms with Crippen LogP contribution in [-0.4, -0.2) is 36.8 Å². The molecule has 0 bridgehead atoms. The van der Waals surface area contributed by atoms with Crippen LogP contribution in [0.3, 0.4) is 0 Å². The van der Waals surface area contributed by atoms with E-state index in [1.165, 1.54) is 19.3 Å². The smallest absolute Gasteiger partial charge is 0.165 e. The molecule has 2 aliphatic rings. The van der Waals surface area contributed by atoms with Gasteiger partial charge in [-0.3, -0.25) is 4.90 Å². The van der Waals surface area contributed by atoms with Crippen LogP contribution in [0.1, 0.15) is 55.0 Å². The number of hydrogen-bond donors (Lipinski definition) is 0. The van der Waals surface area contributed by atoms with Gasteiger partial charge in [-0.2, -0.15) is 0 Å². The van der Waals surface area contributed by atoms with E-state index in [1.54, 1.807) is 0 Å². The molecule has 3 heterocycles. The molecule has 7 heteroatoms. The Kier molecular flexibility index (Phi) is 2.80. The highest BCUT2D eigenvalue weighted by molar-refractivity contribution is 5.10. The van der Waals surface area contributed by atoms with Gasteiger partial charge in [-0.05, 0) is 49.6 Å². The van der Waals surface area contributed by atoms with Crippen LogP contribution in [-0.2, 0) is 6.54 Å². The van der Waals surface area contributed by atoms with Crippen LogP contribution < -0.4 is 0 Å². The molecule has 4 rings (SSSR count). The van der Waals surface area contributed by atoms with Crippen molar-refractivity contribution in [2.45, 2.75) is 51.2 Å². The van der Waals surface area contributed by atoms with E-state index >= 15 is 0 Å². The van der Waals surface area contributed by atoms with Gasteiger partial charge in [0.15, 0.2) is 11.6 Å². The highest BCUT2D eigenvalue weighted by Crippen LogP contribution is 2.36. The standard InChI is InChI=1S/C13H18N6O/c1-9-7-12(20-15-9)11-3-2-6-18(11)8-13-14-16-17-19(13)10-4-5-10/h7,10-11H,2-6,8H2,1H3. The Morgan fingerprint density at radius 1 is 1.35 bits per heavy atom. The summed E-state index contributed by atoms with van der Waals surface area (Å²) in [6.45, 7) is 3.80. The summed E-state index contributed by atoms with van der Waals surface area (Å²) >= 11 is 0. The number of tetrazole rings is 1. The normalized spacial score (nSPS) is 23.6. The molecule has 1 saturated heterocycles. The molecule has 2 fully saturated rings. The van der Waals surface area contributed by atoms with Crippen molar-refractivity contribution in [1.29, 1.82) is 0 Å². The average molecular weight is 274 g/mol. The molecule has 0 radical (unpaired) electrons. The third kappa shape index (κ3) is 2.11. The first-order valence-corrected chi connectivity index (χ1v) is 7.25. The van der Waals surface area contributed by atoms with Crippen molar-refractivity contribution in [3.63, 3.8) is 0 Å². The molecule has 2 aromatic heterocycles. The Balaban J connectivity index is 1.53. The summed E-state index contributed by atoms with van der Waals surface area (Å²) < 4.78 is 7.42. The molecular formula is C13H18N6O. The molecule has 20 heavy (non-hydrogen) atoms. The highest BCUT2D eigenvalue weighted by Gasteiger charge is 2.33. The van der Waals surface area contributed by atoms with Crippen LogP contribution in [0.15, 0.2) is 10.6 Å². The highest BCUT2D eigenvalue weighted by atomic mass is 16.5. The Morgan fingerprint density at radius 2 is 2.25 bits per heavy atom. The lowest BCUT2D eigenvalue weighted by atomic mass is 10.1. The Morgan fingerprint density at radius 3 is 3.00 bits per heavy atom. The van der Waals surface area contributed by atoms with Crippen molar-refractivity contribution in [2.24, 2.45) is 0 Å². The van der Waals surface area contributed by atoms with E-state index < -0.39 is 0 Å². The molecule has 0 N–H and O–H groups in total. The summed E-state index contributed by atoms with van der Waals surface area (Å²) in [4.78, 5) is 2.39. The number of hydrogen-bond acceptors (Lipinski definition) is 6. The maximum absolute atomic E-state index is 5.44. The number of rotatable bonds is 4. The van der Waals surface area contributed by atoms with E-state index in [4.69, 9.17) is 4.52 Å². The third-order valence-corrected chi connectivity index (χ3v) is 4.14. The third-order valence-electron chi connectivity index (χ3n) is 4.14. The van der Waals surface area contributed by atoms with Gasteiger partial charge in [0.05, 0.1) is 24.3 Å². The van der Waals surface area contributed by atoms with Gasteiger partial charge in [0.1, 0.15) is 0 Å². The van der Waals surface area contributed by atoms with Gasteiger partial charge < -0.3 is 4.52 Å². The van der Waals surface area contributed by atoms with E-state index in [2.05, 4.69) is 25.6 Å². The van der Waals surface area contributed by atoms with Gasteiger partial charge in [-0.25, -0.2) is 4.68 Å². The number of aromatic nitrogens is 5. The van der Waals surface area contributed by atoms with E-state index in [0.29, 0.717) is 12.1 Å². The Hall–Kier alpha value is -1.76. The lowest BCUT2D eigenvalue weighted by Crippen LogP contribution is -2.24. The minimum Gasteiger partial charge on any atom is -0.359 e. The fourth-order valence-corrected chi connectivity index (χ4v) is 2.98. The fraction of sp³-hybridized carbons (Fsp3) is 0.692. The number of nitrogens with zero attached hydrogens (tertiary/aromatic N) is 6. The summed E-state index contributed by atoms with van der Waals surface area (Å²) in [5.74, 6) is 1.93. The minimum atomic E-state index is 0.306. The molecule has 1 aliphatic heterocycles. The van der Waals surface area contributed by atoms with Crippen LogP contribution in [0, 0.1) is 6.92 Å². The monoisotopic (exact) mass is 274 g/mol. The van der Waals surface area contributed by atoms with Gasteiger partial charge in [0.2, 0.25) is 0 Å². The SMILES string of the molecule is Cc1cc(C2CCCN2Cc2nnnn2C2CC2)on1. The second kappa shape index (κ2) is 4.66. The summed E-state index contributed by atoms with van der Waals surface area (Å²) in [6, 6.07) is 2.86. The molecule has 1 unspecified atom stereocenters. The summed E-state index contributed by atoms with van der Waals surface area (Å²) in [5, 5.41) is 16.1. The molecular weight excluding hydrogens is 256 g/mol. The first kappa shape index (κ1) is 12.0. The lowest BCUT2D eigenvalue weighted by Gasteiger charge is -2.21. The van der Waals surface area contributed by atoms with Gasteiger partial charge in [-0.15, -0.1) is 5.10 Å². The fourth-order valence-electron chi connectivity index (χ4n) is 2.98. The zero-order valence-electron chi connectivity index (χ0n) is 11.6. The predicted molar refractivity (Wildman–Crippen MR) is 69.7 cm³/mol. The van der Waals surface area contributed by atoms with Crippen LogP contribution in [0.5, 0.6) is 0 Å². The van der Waals surface area contributed by atoms with E-state index in [-0.39, 0.29) is 0 Å². The van der Waals surface area contributed by atoms with Crippen molar-refractivity contribution in [3.05, 3.63) is 23.3 Å². The quantitative estimate of drug-likeness (QED) is 0.844. The molecule has 0 amide bonds. The Bertz CT molecular complexity index is 602. The van der Waals surface area contributed by atoms with E-state index in [1.807, 2.05) is 17.7 Å². The van der Waals surface area contributed by atoms with Crippen molar-refractivity contribution in [1.82, 2.24) is 30.3 Å². The van der Waals surface area contributed by atoms with Crippen LogP contribution >= 0.6 is 0 Å². The second-order valence-electron chi connectivity index (χ2n) is 5.77. The zero-order chi connectivity index (χ0) is 13.5. The topological polar surface area (TPSA) is 72.9 Å². The van der Waals surface area contributed by atoms with Gasteiger partial charge >= 0.3 is 0 Å². The van der Waals surface area contributed by atoms with Gasteiger partial charge in [0, 0.05) is 6.07 Å². The molecule has 106 valence electrons. The molecule has 1 aliphatic carbocycles.